The first-order chi connectivity index (χ1) is 5.96. The van der Waals surface area contributed by atoms with E-state index in [2.05, 4.69) is 9.72 Å². The highest BCUT2D eigenvalue weighted by atomic mass is 127. The van der Waals surface area contributed by atoms with Crippen LogP contribution in [0.1, 0.15) is 5.56 Å². The Hall–Kier alpha value is -0.530. The number of halogens is 4. The van der Waals surface area contributed by atoms with Crippen LogP contribution in [0, 0.1) is 3.70 Å². The molecule has 0 aliphatic heterocycles. The van der Waals surface area contributed by atoms with Gasteiger partial charge >= 0.3 is 6.18 Å². The fourth-order valence-corrected chi connectivity index (χ4v) is 1.58. The lowest BCUT2D eigenvalue weighted by Crippen LogP contribution is -2.10. The second kappa shape index (κ2) is 3.69. The average molecular weight is 303 g/mol. The third-order valence-electron chi connectivity index (χ3n) is 1.37. The number of methoxy groups -OCH3 is 1. The molecule has 0 spiro atoms. The Bertz CT molecular complexity index is 313. The van der Waals surface area contributed by atoms with Crippen molar-refractivity contribution in [2.45, 2.75) is 6.18 Å². The Morgan fingerprint density at radius 2 is 2.08 bits per heavy atom. The van der Waals surface area contributed by atoms with Crippen molar-refractivity contribution in [3.8, 4) is 5.75 Å². The summed E-state index contributed by atoms with van der Waals surface area (Å²) in [5.74, 6) is -0.202. The number of alkyl halides is 3. The van der Waals surface area contributed by atoms with Gasteiger partial charge in [0.25, 0.3) is 0 Å². The molecule has 0 fully saturated rings. The molecule has 6 heteroatoms. The molecule has 13 heavy (non-hydrogen) atoms. The first kappa shape index (κ1) is 10.6. The van der Waals surface area contributed by atoms with Crippen LogP contribution in [0.2, 0.25) is 0 Å². The molecule has 0 radical (unpaired) electrons. The van der Waals surface area contributed by atoms with Crippen molar-refractivity contribution in [2.75, 3.05) is 7.11 Å². The van der Waals surface area contributed by atoms with Gasteiger partial charge in [0.2, 0.25) is 0 Å². The quantitative estimate of drug-likeness (QED) is 0.588. The fourth-order valence-electron chi connectivity index (χ4n) is 0.847. The smallest absolute Gasteiger partial charge is 0.422 e. The molecule has 72 valence electrons. The Kier molecular flexibility index (Phi) is 2.99. The summed E-state index contributed by atoms with van der Waals surface area (Å²) in [6.45, 7) is 0. The Morgan fingerprint density at radius 1 is 1.46 bits per heavy atom. The van der Waals surface area contributed by atoms with Crippen molar-refractivity contribution in [3.05, 3.63) is 21.5 Å². The Morgan fingerprint density at radius 3 is 2.46 bits per heavy atom. The maximum absolute atomic E-state index is 12.4. The molecule has 0 saturated carbocycles. The summed E-state index contributed by atoms with van der Waals surface area (Å²) < 4.78 is 41.6. The van der Waals surface area contributed by atoms with E-state index in [1.165, 1.54) is 42.0 Å². The molecule has 0 aliphatic rings. The highest BCUT2D eigenvalue weighted by molar-refractivity contribution is 14.1. The summed E-state index contributed by atoms with van der Waals surface area (Å²) >= 11 is 1.52. The van der Waals surface area contributed by atoms with E-state index in [4.69, 9.17) is 0 Å². The van der Waals surface area contributed by atoms with E-state index in [9.17, 15) is 13.2 Å². The highest BCUT2D eigenvalue weighted by Gasteiger charge is 2.37. The van der Waals surface area contributed by atoms with Crippen LogP contribution in [0.25, 0.3) is 0 Å². The molecular weight excluding hydrogens is 298 g/mol. The number of rotatable bonds is 1. The van der Waals surface area contributed by atoms with E-state index >= 15 is 0 Å². The van der Waals surface area contributed by atoms with E-state index in [1.807, 2.05) is 0 Å². The maximum atomic E-state index is 12.4. The van der Waals surface area contributed by atoms with Gasteiger partial charge in [0, 0.05) is 6.20 Å². The third kappa shape index (κ3) is 2.23. The molecule has 0 saturated heterocycles. The van der Waals surface area contributed by atoms with Crippen LogP contribution in [-0.4, -0.2) is 12.1 Å². The van der Waals surface area contributed by atoms with Crippen LogP contribution < -0.4 is 4.74 Å². The van der Waals surface area contributed by atoms with Gasteiger partial charge in [-0.25, -0.2) is 4.98 Å². The lowest BCUT2D eigenvalue weighted by Gasteiger charge is -2.12. The van der Waals surface area contributed by atoms with Crippen LogP contribution >= 0.6 is 22.6 Å². The van der Waals surface area contributed by atoms with Crippen molar-refractivity contribution in [3.63, 3.8) is 0 Å². The van der Waals surface area contributed by atoms with Crippen molar-refractivity contribution >= 4 is 22.6 Å². The lowest BCUT2D eigenvalue weighted by molar-refractivity contribution is -0.139. The fraction of sp³-hybridized carbons (Fsp3) is 0.286. The van der Waals surface area contributed by atoms with Gasteiger partial charge in [-0.2, -0.15) is 13.2 Å². The van der Waals surface area contributed by atoms with Gasteiger partial charge in [0.15, 0.2) is 0 Å². The van der Waals surface area contributed by atoms with Gasteiger partial charge in [-0.05, 0) is 28.7 Å². The number of ether oxygens (including phenoxy) is 1. The topological polar surface area (TPSA) is 22.1 Å². The number of hydrogen-bond acceptors (Lipinski definition) is 2. The predicted molar refractivity (Wildman–Crippen MR) is 48.5 cm³/mol. The standard InChI is InChI=1S/C7H5F3INO/c1-13-4-2-3-12-6(11)5(4)7(8,9)10/h2-3H,1H3. The summed E-state index contributed by atoms with van der Waals surface area (Å²) in [5, 5.41) is 0. The molecule has 0 N–H and O–H groups in total. The highest BCUT2D eigenvalue weighted by Crippen LogP contribution is 2.37. The third-order valence-corrected chi connectivity index (χ3v) is 2.19. The minimum absolute atomic E-state index is 0.107. The van der Waals surface area contributed by atoms with E-state index in [0.717, 1.165) is 0 Å². The lowest BCUT2D eigenvalue weighted by atomic mass is 10.2. The zero-order valence-corrected chi connectivity index (χ0v) is 8.68. The molecule has 2 nitrogen and oxygen atoms in total. The molecule has 0 aromatic carbocycles. The van der Waals surface area contributed by atoms with Crippen LogP contribution in [0.4, 0.5) is 13.2 Å². The SMILES string of the molecule is COc1ccnc(I)c1C(F)(F)F. The number of aromatic nitrogens is 1. The van der Waals surface area contributed by atoms with E-state index in [1.54, 1.807) is 0 Å². The van der Waals surface area contributed by atoms with E-state index < -0.39 is 11.7 Å². The predicted octanol–water partition coefficient (Wildman–Crippen LogP) is 2.71. The van der Waals surface area contributed by atoms with Crippen molar-refractivity contribution in [1.82, 2.24) is 4.98 Å². The van der Waals surface area contributed by atoms with Crippen LogP contribution in [0.15, 0.2) is 12.3 Å². The average Bonchev–Trinajstić information content (AvgIpc) is 2.01. The Labute approximate surface area is 86.3 Å². The summed E-state index contributed by atoms with van der Waals surface area (Å²) in [5.41, 5.74) is -0.821. The van der Waals surface area contributed by atoms with Gasteiger partial charge < -0.3 is 4.74 Å². The molecule has 0 aliphatic carbocycles. The maximum Gasteiger partial charge on any atom is 0.422 e. The van der Waals surface area contributed by atoms with Gasteiger partial charge in [0.05, 0.1) is 7.11 Å². The van der Waals surface area contributed by atoms with Gasteiger partial charge in [-0.15, -0.1) is 0 Å². The summed E-state index contributed by atoms with van der Waals surface area (Å²) in [4.78, 5) is 3.54. The summed E-state index contributed by atoms with van der Waals surface area (Å²) in [6.07, 6.45) is -3.15. The zero-order chi connectivity index (χ0) is 10.1. The summed E-state index contributed by atoms with van der Waals surface area (Å²) in [6, 6.07) is 1.19. The molecule has 0 atom stereocenters. The molecule has 0 bridgehead atoms. The minimum atomic E-state index is -4.42. The molecule has 1 aromatic rings. The van der Waals surface area contributed by atoms with Crippen molar-refractivity contribution in [2.24, 2.45) is 0 Å². The second-order valence-corrected chi connectivity index (χ2v) is 3.20. The number of hydrogen-bond donors (Lipinski definition) is 0. The molecule has 0 amide bonds. The normalized spacial score (nSPS) is 11.5. The van der Waals surface area contributed by atoms with Gasteiger partial charge in [0.1, 0.15) is 15.0 Å². The van der Waals surface area contributed by atoms with Crippen molar-refractivity contribution < 1.29 is 17.9 Å². The molecule has 0 unspecified atom stereocenters. The van der Waals surface area contributed by atoms with Crippen LogP contribution in [0.3, 0.4) is 0 Å². The monoisotopic (exact) mass is 303 g/mol. The van der Waals surface area contributed by atoms with Crippen LogP contribution in [0.5, 0.6) is 5.75 Å². The number of nitrogens with zero attached hydrogens (tertiary/aromatic N) is 1. The second-order valence-electron chi connectivity index (χ2n) is 2.18. The molecule has 1 rings (SSSR count). The summed E-state index contributed by atoms with van der Waals surface area (Å²) in [7, 11) is 1.20. The molecule has 1 aromatic heterocycles. The molecular formula is C7H5F3INO. The van der Waals surface area contributed by atoms with E-state index in [0.29, 0.717) is 0 Å². The van der Waals surface area contributed by atoms with Crippen molar-refractivity contribution in [1.29, 1.82) is 0 Å². The first-order valence-electron chi connectivity index (χ1n) is 3.22. The van der Waals surface area contributed by atoms with Gasteiger partial charge in [-0.1, -0.05) is 0 Å². The first-order valence-corrected chi connectivity index (χ1v) is 4.30. The minimum Gasteiger partial charge on any atom is -0.496 e. The number of pyridine rings is 1. The van der Waals surface area contributed by atoms with Gasteiger partial charge in [-0.3, -0.25) is 0 Å². The van der Waals surface area contributed by atoms with Crippen LogP contribution in [-0.2, 0) is 6.18 Å². The van der Waals surface area contributed by atoms with E-state index in [-0.39, 0.29) is 9.45 Å². The molecule has 1 heterocycles. The zero-order valence-electron chi connectivity index (χ0n) is 6.52. The Balaban J connectivity index is 3.32. The largest absolute Gasteiger partial charge is 0.496 e.